The van der Waals surface area contributed by atoms with E-state index in [4.69, 9.17) is 5.11 Å². The summed E-state index contributed by atoms with van der Waals surface area (Å²) in [5, 5.41) is 18.3. The zero-order chi connectivity index (χ0) is 11.7. The molecule has 0 unspecified atom stereocenters. The van der Waals surface area contributed by atoms with Crippen LogP contribution in [0.1, 0.15) is 5.56 Å². The van der Waals surface area contributed by atoms with E-state index in [1.807, 2.05) is 0 Å². The van der Waals surface area contributed by atoms with Gasteiger partial charge in [-0.1, -0.05) is 6.07 Å². The van der Waals surface area contributed by atoms with Crippen LogP contribution >= 0.6 is 0 Å². The van der Waals surface area contributed by atoms with E-state index in [0.29, 0.717) is 5.56 Å². The molecule has 16 heavy (non-hydrogen) atoms. The number of aromatic hydroxyl groups is 2. The fraction of sp³-hybridized carbons (Fsp3) is 0. The molecule has 0 amide bonds. The standard InChI is InChI=1S/C12H8O4/c13-9-3-4-10(14)8(9)5-7-1-2-11(15)12(16)6-7/h1-6,15-16H. The Morgan fingerprint density at radius 2 is 1.56 bits per heavy atom. The number of ketones is 2. The van der Waals surface area contributed by atoms with Crippen molar-refractivity contribution in [1.82, 2.24) is 0 Å². The molecule has 0 saturated carbocycles. The first kappa shape index (κ1) is 10.2. The molecule has 1 aromatic carbocycles. The lowest BCUT2D eigenvalue weighted by Gasteiger charge is -1.99. The summed E-state index contributed by atoms with van der Waals surface area (Å²) in [5.41, 5.74) is 0.542. The van der Waals surface area contributed by atoms with Crippen molar-refractivity contribution in [3.05, 3.63) is 41.5 Å². The topological polar surface area (TPSA) is 74.6 Å². The molecule has 0 fully saturated rings. The third-order valence-corrected chi connectivity index (χ3v) is 2.23. The first-order chi connectivity index (χ1) is 7.58. The predicted octanol–water partition coefficient (Wildman–Crippen LogP) is 1.19. The van der Waals surface area contributed by atoms with Gasteiger partial charge in [0.1, 0.15) is 0 Å². The van der Waals surface area contributed by atoms with Crippen molar-refractivity contribution >= 4 is 17.6 Å². The second kappa shape index (κ2) is 3.66. The average Bonchev–Trinajstić information content (AvgIpc) is 2.55. The molecule has 0 radical (unpaired) electrons. The van der Waals surface area contributed by atoms with Gasteiger partial charge in [0.25, 0.3) is 0 Å². The third-order valence-electron chi connectivity index (χ3n) is 2.23. The number of hydrogen-bond acceptors (Lipinski definition) is 4. The molecule has 0 heterocycles. The van der Waals surface area contributed by atoms with Gasteiger partial charge in [0.15, 0.2) is 23.1 Å². The van der Waals surface area contributed by atoms with Crippen molar-refractivity contribution in [3.63, 3.8) is 0 Å². The number of benzene rings is 1. The minimum Gasteiger partial charge on any atom is -0.504 e. The van der Waals surface area contributed by atoms with Crippen LogP contribution in [0.5, 0.6) is 11.5 Å². The van der Waals surface area contributed by atoms with Gasteiger partial charge in [-0.2, -0.15) is 0 Å². The first-order valence-electron chi connectivity index (χ1n) is 4.58. The summed E-state index contributed by atoms with van der Waals surface area (Å²) in [5.74, 6) is -1.24. The van der Waals surface area contributed by atoms with Gasteiger partial charge in [-0.15, -0.1) is 0 Å². The van der Waals surface area contributed by atoms with Crippen LogP contribution in [0.25, 0.3) is 6.08 Å². The van der Waals surface area contributed by atoms with Crippen LogP contribution in [0.15, 0.2) is 35.9 Å². The molecule has 0 aromatic heterocycles. The molecule has 1 aromatic rings. The molecule has 4 nitrogen and oxygen atoms in total. The Kier molecular flexibility index (Phi) is 2.32. The van der Waals surface area contributed by atoms with Crippen LogP contribution in [0, 0.1) is 0 Å². The SMILES string of the molecule is O=C1C=CC(=O)C1=Cc1ccc(O)c(O)c1. The summed E-state index contributed by atoms with van der Waals surface area (Å²) in [7, 11) is 0. The smallest absolute Gasteiger partial charge is 0.189 e. The van der Waals surface area contributed by atoms with Gasteiger partial charge in [0.2, 0.25) is 0 Å². The van der Waals surface area contributed by atoms with Crippen molar-refractivity contribution < 1.29 is 19.8 Å². The summed E-state index contributed by atoms with van der Waals surface area (Å²) in [6.45, 7) is 0. The quantitative estimate of drug-likeness (QED) is 0.420. The molecular weight excluding hydrogens is 208 g/mol. The van der Waals surface area contributed by atoms with Crippen molar-refractivity contribution in [2.24, 2.45) is 0 Å². The predicted molar refractivity (Wildman–Crippen MR) is 56.9 cm³/mol. The highest BCUT2D eigenvalue weighted by Gasteiger charge is 2.19. The first-order valence-corrected chi connectivity index (χ1v) is 4.58. The molecule has 2 rings (SSSR count). The van der Waals surface area contributed by atoms with Crippen LogP contribution in [-0.2, 0) is 9.59 Å². The van der Waals surface area contributed by atoms with Gasteiger partial charge in [-0.05, 0) is 35.9 Å². The van der Waals surface area contributed by atoms with E-state index < -0.39 is 0 Å². The minimum atomic E-state index is -0.349. The monoisotopic (exact) mass is 216 g/mol. The highest BCUT2D eigenvalue weighted by atomic mass is 16.3. The Balaban J connectivity index is 2.40. The summed E-state index contributed by atoms with van der Waals surface area (Å²) < 4.78 is 0. The van der Waals surface area contributed by atoms with Gasteiger partial charge in [-0.3, -0.25) is 9.59 Å². The lowest BCUT2D eigenvalue weighted by Crippen LogP contribution is -2.00. The number of phenolic OH excluding ortho intramolecular Hbond substituents is 2. The lowest BCUT2D eigenvalue weighted by molar-refractivity contribution is -0.115. The van der Waals surface area contributed by atoms with Crippen LogP contribution in [0.2, 0.25) is 0 Å². The fourth-order valence-corrected chi connectivity index (χ4v) is 1.39. The van der Waals surface area contributed by atoms with Crippen LogP contribution in [-0.4, -0.2) is 21.8 Å². The number of allylic oxidation sites excluding steroid dienone is 3. The molecule has 0 spiro atoms. The normalized spacial score (nSPS) is 14.6. The Bertz CT molecular complexity index is 518. The Morgan fingerprint density at radius 1 is 0.938 bits per heavy atom. The molecule has 1 aliphatic carbocycles. The summed E-state index contributed by atoms with van der Waals surface area (Å²) in [6.07, 6.45) is 3.78. The summed E-state index contributed by atoms with van der Waals surface area (Å²) in [4.78, 5) is 22.5. The van der Waals surface area contributed by atoms with E-state index >= 15 is 0 Å². The zero-order valence-electron chi connectivity index (χ0n) is 8.18. The molecule has 1 aliphatic rings. The molecule has 0 atom stereocenters. The largest absolute Gasteiger partial charge is 0.504 e. The van der Waals surface area contributed by atoms with Crippen molar-refractivity contribution in [3.8, 4) is 11.5 Å². The average molecular weight is 216 g/mol. The van der Waals surface area contributed by atoms with Gasteiger partial charge < -0.3 is 10.2 Å². The zero-order valence-corrected chi connectivity index (χ0v) is 8.18. The van der Waals surface area contributed by atoms with E-state index in [-0.39, 0.29) is 28.6 Å². The second-order valence-corrected chi connectivity index (χ2v) is 3.37. The maximum absolute atomic E-state index is 11.3. The summed E-state index contributed by atoms with van der Waals surface area (Å²) >= 11 is 0. The molecule has 0 saturated heterocycles. The highest BCUT2D eigenvalue weighted by molar-refractivity contribution is 6.35. The van der Waals surface area contributed by atoms with Gasteiger partial charge in [-0.25, -0.2) is 0 Å². The molecular formula is C12H8O4. The van der Waals surface area contributed by atoms with Crippen molar-refractivity contribution in [2.75, 3.05) is 0 Å². The molecule has 2 N–H and O–H groups in total. The molecule has 0 aliphatic heterocycles. The molecule has 0 bridgehead atoms. The molecule has 80 valence electrons. The second-order valence-electron chi connectivity index (χ2n) is 3.37. The Morgan fingerprint density at radius 3 is 2.12 bits per heavy atom. The highest BCUT2D eigenvalue weighted by Crippen LogP contribution is 2.26. The van der Waals surface area contributed by atoms with Crippen LogP contribution in [0.3, 0.4) is 0 Å². The molecule has 4 heteroatoms. The van der Waals surface area contributed by atoms with Crippen molar-refractivity contribution in [2.45, 2.75) is 0 Å². The van der Waals surface area contributed by atoms with E-state index in [1.54, 1.807) is 0 Å². The Hall–Kier alpha value is -2.36. The van der Waals surface area contributed by atoms with Gasteiger partial charge >= 0.3 is 0 Å². The van der Waals surface area contributed by atoms with Crippen LogP contribution < -0.4 is 0 Å². The maximum Gasteiger partial charge on any atom is 0.189 e. The maximum atomic E-state index is 11.3. The third kappa shape index (κ3) is 1.72. The number of phenols is 2. The van der Waals surface area contributed by atoms with Crippen molar-refractivity contribution in [1.29, 1.82) is 0 Å². The minimum absolute atomic E-state index is 0.0603. The van der Waals surface area contributed by atoms with E-state index in [2.05, 4.69) is 0 Å². The number of rotatable bonds is 1. The van der Waals surface area contributed by atoms with E-state index in [9.17, 15) is 14.7 Å². The van der Waals surface area contributed by atoms with Crippen LogP contribution in [0.4, 0.5) is 0 Å². The van der Waals surface area contributed by atoms with Gasteiger partial charge in [0, 0.05) is 0 Å². The summed E-state index contributed by atoms with van der Waals surface area (Å²) in [6, 6.07) is 4.07. The Labute approximate surface area is 91.1 Å². The number of carbonyl (C=O) groups excluding carboxylic acids is 2. The number of hydrogen-bond donors (Lipinski definition) is 2. The fourth-order valence-electron chi connectivity index (χ4n) is 1.39. The lowest BCUT2D eigenvalue weighted by atomic mass is 10.1. The van der Waals surface area contributed by atoms with E-state index in [1.165, 1.54) is 36.4 Å². The van der Waals surface area contributed by atoms with Gasteiger partial charge in [0.05, 0.1) is 5.57 Å². The van der Waals surface area contributed by atoms with E-state index in [0.717, 1.165) is 0 Å². The number of carbonyl (C=O) groups is 2.